The Balaban J connectivity index is 0. The molecule has 32 heavy (non-hydrogen) atoms. The molecule has 0 spiro atoms. The average molecular weight is 487 g/mol. The van der Waals surface area contributed by atoms with E-state index in [-0.39, 0.29) is 19.5 Å². The Bertz CT molecular complexity index is 715. The molecule has 0 saturated carbocycles. The fourth-order valence-electron chi connectivity index (χ4n) is 1.71. The summed E-state index contributed by atoms with van der Waals surface area (Å²) < 4.78 is 0. The number of phenolic OH excluding ortho intramolecular Hbond substituents is 4. The number of benzene rings is 4. The summed E-state index contributed by atoms with van der Waals surface area (Å²) in [5, 5.41) is 37.3. The zero-order valence-electron chi connectivity index (χ0n) is 18.5. The number of aromatic hydroxyl groups is 4. The summed E-state index contributed by atoms with van der Waals surface area (Å²) in [5.41, 5.74) is 0. The van der Waals surface area contributed by atoms with E-state index in [1.165, 1.54) is 0 Å². The molecule has 5 nitrogen and oxygen atoms in total. The van der Waals surface area contributed by atoms with Gasteiger partial charge in [-0.15, -0.1) is 0 Å². The van der Waals surface area contributed by atoms with Gasteiger partial charge in [0.05, 0.1) is 0 Å². The smallest absolute Gasteiger partial charge is 0.115 e. The van der Waals surface area contributed by atoms with Crippen molar-refractivity contribution in [2.45, 2.75) is 0 Å². The monoisotopic (exact) mass is 485 g/mol. The first-order valence-corrected chi connectivity index (χ1v) is 9.54. The number of rotatable bonds is 0. The topological polar surface area (TPSA) is 93.0 Å². The van der Waals surface area contributed by atoms with Crippen LogP contribution in [0.5, 0.6) is 23.0 Å². The fraction of sp³-hybridized carbons (Fsp3) is 0.0769. The molecule has 0 fully saturated rings. The summed E-state index contributed by atoms with van der Waals surface area (Å²) in [6.07, 6.45) is 0. The molecule has 0 saturated heterocycles. The first kappa shape index (κ1) is 30.9. The van der Waals surface area contributed by atoms with E-state index in [1.54, 1.807) is 97.1 Å². The van der Waals surface area contributed by atoms with Gasteiger partial charge in [0.1, 0.15) is 23.0 Å². The van der Waals surface area contributed by atoms with Gasteiger partial charge in [-0.2, -0.15) is 0 Å². The van der Waals surface area contributed by atoms with Crippen LogP contribution in [-0.2, 0) is 19.5 Å². The molecule has 6 heteroatoms. The van der Waals surface area contributed by atoms with E-state index in [4.69, 9.17) is 20.4 Å². The molecule has 4 aromatic carbocycles. The molecule has 4 aromatic rings. The van der Waals surface area contributed by atoms with Gasteiger partial charge in [0.15, 0.2) is 0 Å². The van der Waals surface area contributed by atoms with Gasteiger partial charge in [-0.05, 0) is 62.6 Å². The summed E-state index contributed by atoms with van der Waals surface area (Å²) in [7, 11) is 3.75. The van der Waals surface area contributed by atoms with Gasteiger partial charge in [0.2, 0.25) is 0 Å². The number of phenols is 4. The zero-order chi connectivity index (χ0) is 23.2. The van der Waals surface area contributed by atoms with Crippen LogP contribution >= 0.6 is 0 Å². The van der Waals surface area contributed by atoms with Gasteiger partial charge < -0.3 is 25.7 Å². The van der Waals surface area contributed by atoms with E-state index in [1.807, 2.05) is 38.4 Å². The molecule has 0 atom stereocenters. The van der Waals surface area contributed by atoms with Crippen LogP contribution in [0.25, 0.3) is 0 Å². The van der Waals surface area contributed by atoms with Gasteiger partial charge in [0, 0.05) is 19.5 Å². The Morgan fingerprint density at radius 2 is 0.500 bits per heavy atom. The Hall–Kier alpha value is -3.34. The largest absolute Gasteiger partial charge is 0.508 e. The SMILES string of the molecule is CNC.Oc1ccccc1.Oc1ccccc1.Oc1ccccc1.Oc1ccccc1.[Zn]. The molecule has 0 bridgehead atoms. The Morgan fingerprint density at radius 1 is 0.375 bits per heavy atom. The van der Waals surface area contributed by atoms with Crippen molar-refractivity contribution in [3.05, 3.63) is 121 Å². The minimum Gasteiger partial charge on any atom is -0.508 e. The number of hydrogen-bond acceptors (Lipinski definition) is 5. The molecule has 166 valence electrons. The minimum absolute atomic E-state index is 0. The molecular formula is C26H31NO4Zn. The van der Waals surface area contributed by atoms with Crippen molar-refractivity contribution in [2.24, 2.45) is 0 Å². The van der Waals surface area contributed by atoms with E-state index in [0.29, 0.717) is 23.0 Å². The number of para-hydroxylation sites is 4. The minimum atomic E-state index is 0. The van der Waals surface area contributed by atoms with Crippen LogP contribution in [0.3, 0.4) is 0 Å². The van der Waals surface area contributed by atoms with Gasteiger partial charge in [-0.1, -0.05) is 72.8 Å². The fourth-order valence-corrected chi connectivity index (χ4v) is 1.71. The second kappa shape index (κ2) is 22.4. The average Bonchev–Trinajstić information content (AvgIpc) is 2.78. The standard InChI is InChI=1S/4C6H6O.C2H7N.Zn/c4*7-6-4-2-1-3-5-6;1-3-2;/h4*1-5,7H;3H,1-2H3;. The van der Waals surface area contributed by atoms with E-state index in [2.05, 4.69) is 5.32 Å². The summed E-state index contributed by atoms with van der Waals surface area (Å²) in [4.78, 5) is 0. The van der Waals surface area contributed by atoms with Gasteiger partial charge in [-0.3, -0.25) is 0 Å². The van der Waals surface area contributed by atoms with E-state index in [0.717, 1.165) is 0 Å². The van der Waals surface area contributed by atoms with Crippen LogP contribution in [0.2, 0.25) is 0 Å². The van der Waals surface area contributed by atoms with Crippen molar-refractivity contribution in [3.63, 3.8) is 0 Å². The molecule has 0 heterocycles. The molecule has 0 unspecified atom stereocenters. The van der Waals surface area contributed by atoms with E-state index < -0.39 is 0 Å². The Kier molecular flexibility index (Phi) is 21.6. The molecule has 0 radical (unpaired) electrons. The molecule has 4 rings (SSSR count). The number of nitrogens with one attached hydrogen (secondary N) is 1. The third-order valence-electron chi connectivity index (χ3n) is 3.02. The first-order chi connectivity index (χ1) is 15.0. The summed E-state index contributed by atoms with van der Waals surface area (Å²) in [6, 6.07) is 34.9. The van der Waals surface area contributed by atoms with Crippen molar-refractivity contribution >= 4 is 0 Å². The quantitative estimate of drug-likeness (QED) is 0.215. The van der Waals surface area contributed by atoms with Crippen LogP contribution in [-0.4, -0.2) is 34.5 Å². The third kappa shape index (κ3) is 21.4. The maximum atomic E-state index is 8.63. The van der Waals surface area contributed by atoms with Crippen LogP contribution < -0.4 is 5.32 Å². The maximum Gasteiger partial charge on any atom is 0.115 e. The molecule has 0 aliphatic heterocycles. The summed E-state index contributed by atoms with van der Waals surface area (Å²) in [6.45, 7) is 0. The second-order valence-electron chi connectivity index (χ2n) is 5.84. The molecule has 0 amide bonds. The Labute approximate surface area is 203 Å². The molecule has 0 aliphatic rings. The normalized spacial score (nSPS) is 8.06. The molecule has 0 aliphatic carbocycles. The molecule has 0 aromatic heterocycles. The van der Waals surface area contributed by atoms with Crippen LogP contribution in [0.15, 0.2) is 121 Å². The van der Waals surface area contributed by atoms with Crippen molar-refractivity contribution < 1.29 is 39.9 Å². The Morgan fingerprint density at radius 3 is 0.562 bits per heavy atom. The van der Waals surface area contributed by atoms with Crippen LogP contribution in [0, 0.1) is 0 Å². The first-order valence-electron chi connectivity index (χ1n) is 9.54. The van der Waals surface area contributed by atoms with Gasteiger partial charge in [-0.25, -0.2) is 0 Å². The third-order valence-corrected chi connectivity index (χ3v) is 3.02. The summed E-state index contributed by atoms with van der Waals surface area (Å²) in [5.74, 6) is 1.29. The maximum absolute atomic E-state index is 8.63. The number of hydrogen-bond donors (Lipinski definition) is 5. The summed E-state index contributed by atoms with van der Waals surface area (Å²) >= 11 is 0. The van der Waals surface area contributed by atoms with Crippen molar-refractivity contribution in [1.29, 1.82) is 0 Å². The van der Waals surface area contributed by atoms with E-state index >= 15 is 0 Å². The zero-order valence-corrected chi connectivity index (χ0v) is 21.5. The van der Waals surface area contributed by atoms with Crippen molar-refractivity contribution in [2.75, 3.05) is 14.1 Å². The van der Waals surface area contributed by atoms with Crippen molar-refractivity contribution in [3.8, 4) is 23.0 Å². The van der Waals surface area contributed by atoms with Crippen LogP contribution in [0.4, 0.5) is 0 Å². The van der Waals surface area contributed by atoms with Crippen LogP contribution in [0.1, 0.15) is 0 Å². The molecule has 5 N–H and O–H groups in total. The van der Waals surface area contributed by atoms with Gasteiger partial charge in [0.25, 0.3) is 0 Å². The van der Waals surface area contributed by atoms with Crippen molar-refractivity contribution in [1.82, 2.24) is 5.32 Å². The predicted molar refractivity (Wildman–Crippen MR) is 127 cm³/mol. The van der Waals surface area contributed by atoms with E-state index in [9.17, 15) is 0 Å². The van der Waals surface area contributed by atoms with Gasteiger partial charge >= 0.3 is 0 Å². The second-order valence-corrected chi connectivity index (χ2v) is 5.84. The predicted octanol–water partition coefficient (Wildman–Crippen LogP) is 5.40. The molecular weight excluding hydrogens is 456 g/mol.